The largest absolute Gasteiger partial charge is 0.436 e. The number of non-ortho nitro benzene ring substituents is 1. The van der Waals surface area contributed by atoms with Gasteiger partial charge in [-0.25, -0.2) is 4.98 Å². The smallest absolute Gasteiger partial charge is 0.270 e. The van der Waals surface area contributed by atoms with Gasteiger partial charge in [0.25, 0.3) is 11.6 Å². The first-order valence-electron chi connectivity index (χ1n) is 8.32. The molecule has 0 aliphatic heterocycles. The van der Waals surface area contributed by atoms with Gasteiger partial charge in [0.1, 0.15) is 5.52 Å². The minimum Gasteiger partial charge on any atom is -0.436 e. The molecule has 1 heterocycles. The van der Waals surface area contributed by atoms with E-state index in [1.54, 1.807) is 42.5 Å². The third-order valence-corrected chi connectivity index (χ3v) is 4.72. The number of hydrogen-bond donors (Lipinski definition) is 1. The van der Waals surface area contributed by atoms with Crippen LogP contribution in [-0.2, 0) is 0 Å². The van der Waals surface area contributed by atoms with Crippen LogP contribution in [0.3, 0.4) is 0 Å². The van der Waals surface area contributed by atoms with E-state index < -0.39 is 10.8 Å². The topological polar surface area (TPSA) is 98.3 Å². The number of carbonyl (C=O) groups is 1. The van der Waals surface area contributed by atoms with E-state index in [0.717, 1.165) is 11.6 Å². The van der Waals surface area contributed by atoms with Crippen molar-refractivity contribution in [1.82, 2.24) is 4.98 Å². The van der Waals surface area contributed by atoms with Gasteiger partial charge in [0.15, 0.2) is 5.58 Å². The number of rotatable bonds is 4. The van der Waals surface area contributed by atoms with Crippen LogP contribution in [-0.4, -0.2) is 15.8 Å². The Balaban J connectivity index is 1.62. The average molecular weight is 428 g/mol. The molecule has 4 rings (SSSR count). The highest BCUT2D eigenvalue weighted by Crippen LogP contribution is 2.28. The number of aromatic nitrogens is 1. The molecule has 0 aliphatic carbocycles. The van der Waals surface area contributed by atoms with Gasteiger partial charge >= 0.3 is 0 Å². The van der Waals surface area contributed by atoms with Crippen LogP contribution in [0.2, 0.25) is 10.0 Å². The number of nitrogens with zero attached hydrogens (tertiary/aromatic N) is 2. The number of nitro benzene ring substituents is 1. The van der Waals surface area contributed by atoms with Crippen molar-refractivity contribution in [1.29, 1.82) is 0 Å². The summed E-state index contributed by atoms with van der Waals surface area (Å²) in [5.41, 5.74) is 2.07. The summed E-state index contributed by atoms with van der Waals surface area (Å²) in [5, 5.41) is 14.3. The number of nitrogens with one attached hydrogen (secondary N) is 1. The number of halogens is 2. The quantitative estimate of drug-likeness (QED) is 0.319. The number of hydrogen-bond acceptors (Lipinski definition) is 5. The third kappa shape index (κ3) is 3.91. The lowest BCUT2D eigenvalue weighted by Crippen LogP contribution is -2.12. The molecule has 3 aromatic carbocycles. The summed E-state index contributed by atoms with van der Waals surface area (Å²) < 4.78 is 5.74. The van der Waals surface area contributed by atoms with Gasteiger partial charge in [0.05, 0.1) is 15.5 Å². The molecule has 1 N–H and O–H groups in total. The molecule has 0 radical (unpaired) electrons. The van der Waals surface area contributed by atoms with Gasteiger partial charge in [-0.05, 0) is 48.5 Å². The minimum atomic E-state index is -0.590. The fraction of sp³-hybridized carbons (Fsp3) is 0. The van der Waals surface area contributed by atoms with E-state index in [4.69, 9.17) is 27.6 Å². The van der Waals surface area contributed by atoms with Crippen LogP contribution in [0.15, 0.2) is 65.1 Å². The van der Waals surface area contributed by atoms with E-state index in [9.17, 15) is 14.9 Å². The van der Waals surface area contributed by atoms with Crippen LogP contribution >= 0.6 is 23.2 Å². The molecule has 0 unspecified atom stereocenters. The van der Waals surface area contributed by atoms with Crippen molar-refractivity contribution in [2.75, 3.05) is 5.32 Å². The Hall–Kier alpha value is -3.42. The van der Waals surface area contributed by atoms with Crippen LogP contribution in [0.4, 0.5) is 11.4 Å². The molecule has 0 spiro atoms. The van der Waals surface area contributed by atoms with Gasteiger partial charge in [-0.2, -0.15) is 0 Å². The maximum Gasteiger partial charge on any atom is 0.270 e. The maximum atomic E-state index is 12.5. The van der Waals surface area contributed by atoms with Crippen LogP contribution in [0, 0.1) is 10.1 Å². The molecule has 0 atom stereocenters. The molecule has 0 bridgehead atoms. The summed E-state index contributed by atoms with van der Waals surface area (Å²) >= 11 is 11.9. The number of anilines is 1. The predicted molar refractivity (Wildman–Crippen MR) is 111 cm³/mol. The minimum absolute atomic E-state index is 0.00275. The van der Waals surface area contributed by atoms with Crippen molar-refractivity contribution in [2.45, 2.75) is 0 Å². The van der Waals surface area contributed by atoms with Crippen molar-refractivity contribution in [3.05, 3.63) is 86.4 Å². The number of carbonyl (C=O) groups excluding carboxylic acids is 1. The molecule has 9 heteroatoms. The second kappa shape index (κ2) is 7.54. The molecule has 1 aromatic heterocycles. The lowest BCUT2D eigenvalue weighted by atomic mass is 10.2. The molecule has 144 valence electrons. The number of nitro groups is 1. The molecule has 0 aliphatic rings. The highest BCUT2D eigenvalue weighted by molar-refractivity contribution is 6.34. The first-order chi connectivity index (χ1) is 13.9. The lowest BCUT2D eigenvalue weighted by molar-refractivity contribution is -0.384. The number of amides is 1. The van der Waals surface area contributed by atoms with Crippen LogP contribution in [0.1, 0.15) is 10.4 Å². The molecule has 1 amide bonds. The van der Waals surface area contributed by atoms with E-state index in [1.165, 1.54) is 12.1 Å². The fourth-order valence-electron chi connectivity index (χ4n) is 2.72. The zero-order chi connectivity index (χ0) is 20.5. The zero-order valence-corrected chi connectivity index (χ0v) is 16.1. The summed E-state index contributed by atoms with van der Waals surface area (Å²) in [6.07, 6.45) is 0. The van der Waals surface area contributed by atoms with E-state index in [1.807, 2.05) is 0 Å². The standard InChI is InChI=1S/C20H11Cl2N3O4/c21-12-3-1-11(2-4-12)20-24-17-9-13(5-8-18(17)29-20)23-19(26)15-10-14(25(27)28)6-7-16(15)22/h1-10H,(H,23,26). The maximum absolute atomic E-state index is 12.5. The average Bonchev–Trinajstić information content (AvgIpc) is 3.12. The molecular weight excluding hydrogens is 417 g/mol. The first kappa shape index (κ1) is 18.9. The number of fused-ring (bicyclic) bond motifs is 1. The van der Waals surface area contributed by atoms with Gasteiger partial charge in [0, 0.05) is 28.4 Å². The van der Waals surface area contributed by atoms with Crippen molar-refractivity contribution >= 4 is 51.6 Å². The SMILES string of the molecule is O=C(Nc1ccc2oc(-c3ccc(Cl)cc3)nc2c1)c1cc([N+](=O)[O-])ccc1Cl. The Bertz CT molecular complexity index is 1250. The van der Waals surface area contributed by atoms with Gasteiger partial charge in [-0.15, -0.1) is 0 Å². The highest BCUT2D eigenvalue weighted by atomic mass is 35.5. The summed E-state index contributed by atoms with van der Waals surface area (Å²) in [5.74, 6) is -0.152. The van der Waals surface area contributed by atoms with Crippen LogP contribution in [0.25, 0.3) is 22.6 Å². The molecule has 7 nitrogen and oxygen atoms in total. The fourth-order valence-corrected chi connectivity index (χ4v) is 3.05. The molecule has 0 saturated carbocycles. The predicted octanol–water partition coefficient (Wildman–Crippen LogP) is 5.96. The molecule has 29 heavy (non-hydrogen) atoms. The highest BCUT2D eigenvalue weighted by Gasteiger charge is 2.17. The summed E-state index contributed by atoms with van der Waals surface area (Å²) in [6, 6.07) is 15.7. The van der Waals surface area contributed by atoms with Crippen LogP contribution < -0.4 is 5.32 Å². The summed E-state index contributed by atoms with van der Waals surface area (Å²) in [6.45, 7) is 0. The monoisotopic (exact) mass is 427 g/mol. The van der Waals surface area contributed by atoms with Crippen molar-refractivity contribution < 1.29 is 14.1 Å². The van der Waals surface area contributed by atoms with Gasteiger partial charge in [0.2, 0.25) is 5.89 Å². The molecule has 4 aromatic rings. The van der Waals surface area contributed by atoms with Crippen molar-refractivity contribution in [3.63, 3.8) is 0 Å². The Morgan fingerprint density at radius 3 is 2.52 bits per heavy atom. The number of benzene rings is 3. The van der Waals surface area contributed by atoms with Gasteiger partial charge < -0.3 is 9.73 Å². The second-order valence-electron chi connectivity index (χ2n) is 6.08. The van der Waals surface area contributed by atoms with E-state index in [-0.39, 0.29) is 16.3 Å². The summed E-state index contributed by atoms with van der Waals surface area (Å²) in [4.78, 5) is 27.3. The zero-order valence-electron chi connectivity index (χ0n) is 14.6. The van der Waals surface area contributed by atoms with E-state index in [0.29, 0.717) is 27.7 Å². The second-order valence-corrected chi connectivity index (χ2v) is 6.93. The lowest BCUT2D eigenvalue weighted by Gasteiger charge is -2.06. The van der Waals surface area contributed by atoms with E-state index in [2.05, 4.69) is 10.3 Å². The molecule has 0 saturated heterocycles. The first-order valence-corrected chi connectivity index (χ1v) is 9.08. The van der Waals surface area contributed by atoms with E-state index >= 15 is 0 Å². The molecular formula is C20H11Cl2N3O4. The molecule has 0 fully saturated rings. The van der Waals surface area contributed by atoms with Crippen molar-refractivity contribution in [2.24, 2.45) is 0 Å². The van der Waals surface area contributed by atoms with Crippen molar-refractivity contribution in [3.8, 4) is 11.5 Å². The van der Waals surface area contributed by atoms with Gasteiger partial charge in [-0.3, -0.25) is 14.9 Å². The Morgan fingerprint density at radius 2 is 1.79 bits per heavy atom. The summed E-state index contributed by atoms with van der Waals surface area (Å²) in [7, 11) is 0. The van der Waals surface area contributed by atoms with Crippen LogP contribution in [0.5, 0.6) is 0 Å². The Labute approximate surface area is 174 Å². The number of oxazole rings is 1. The Kier molecular flexibility index (Phi) is 4.92. The normalized spacial score (nSPS) is 10.8. The Morgan fingerprint density at radius 1 is 1.03 bits per heavy atom. The third-order valence-electron chi connectivity index (χ3n) is 4.14. The van der Waals surface area contributed by atoms with Gasteiger partial charge in [-0.1, -0.05) is 23.2 Å².